The Kier molecular flexibility index (Phi) is 3.66. The van der Waals surface area contributed by atoms with Gasteiger partial charge in [-0.3, -0.25) is 0 Å². The lowest BCUT2D eigenvalue weighted by molar-refractivity contribution is 0.0656. The van der Waals surface area contributed by atoms with Gasteiger partial charge in [-0.1, -0.05) is 17.7 Å². The maximum Gasteiger partial charge on any atom is 0.373 e. The molecule has 1 aromatic carbocycles. The van der Waals surface area contributed by atoms with Crippen molar-refractivity contribution in [3.63, 3.8) is 0 Å². The van der Waals surface area contributed by atoms with Crippen LogP contribution in [0.5, 0.6) is 0 Å². The largest absolute Gasteiger partial charge is 0.475 e. The van der Waals surface area contributed by atoms with Gasteiger partial charge in [-0.25, -0.2) is 9.78 Å². The van der Waals surface area contributed by atoms with Crippen LogP contribution in [0.3, 0.4) is 0 Å². The molecule has 0 saturated carbocycles. The third-order valence-corrected chi connectivity index (χ3v) is 2.78. The number of rotatable bonds is 4. The number of carboxylic acids is 1. The molecule has 0 spiro atoms. The molecule has 2 aromatic rings. The molecule has 2 rings (SSSR count). The lowest BCUT2D eigenvalue weighted by Gasteiger charge is -2.02. The Morgan fingerprint density at radius 2 is 2.16 bits per heavy atom. The smallest absolute Gasteiger partial charge is 0.373 e. The minimum atomic E-state index is -1.14. The Morgan fingerprint density at radius 1 is 1.42 bits per heavy atom. The number of hydrogen-bond acceptors (Lipinski definition) is 4. The first-order valence-corrected chi connectivity index (χ1v) is 5.82. The molecule has 5 heteroatoms. The molecule has 5 nitrogen and oxygen atoms in total. The summed E-state index contributed by atoms with van der Waals surface area (Å²) in [5, 5.41) is 9.08. The van der Waals surface area contributed by atoms with Crippen molar-refractivity contribution in [3.05, 3.63) is 40.8 Å². The summed E-state index contributed by atoms with van der Waals surface area (Å²) in [5.74, 6) is -1.01. The monoisotopic (exact) mass is 261 g/mol. The highest BCUT2D eigenvalue weighted by atomic mass is 16.5. The van der Waals surface area contributed by atoms with Gasteiger partial charge in [0, 0.05) is 12.7 Å². The van der Waals surface area contributed by atoms with Crippen LogP contribution in [-0.2, 0) is 11.3 Å². The molecule has 0 fully saturated rings. The van der Waals surface area contributed by atoms with E-state index in [4.69, 9.17) is 14.3 Å². The number of hydrogen-bond donors (Lipinski definition) is 1. The van der Waals surface area contributed by atoms with Gasteiger partial charge in [-0.05, 0) is 25.5 Å². The first-order valence-electron chi connectivity index (χ1n) is 5.82. The summed E-state index contributed by atoms with van der Waals surface area (Å²) in [5.41, 5.74) is 3.20. The second-order valence-electron chi connectivity index (χ2n) is 4.35. The second-order valence-corrected chi connectivity index (χ2v) is 4.35. The van der Waals surface area contributed by atoms with Crippen LogP contribution in [0.25, 0.3) is 11.5 Å². The molecular weight excluding hydrogens is 246 g/mol. The number of ether oxygens (including phenoxy) is 1. The van der Waals surface area contributed by atoms with Gasteiger partial charge in [-0.15, -0.1) is 0 Å². The average molecular weight is 261 g/mol. The van der Waals surface area contributed by atoms with Gasteiger partial charge in [-0.2, -0.15) is 0 Å². The van der Waals surface area contributed by atoms with Crippen molar-refractivity contribution in [3.8, 4) is 11.5 Å². The van der Waals surface area contributed by atoms with Crippen LogP contribution in [0.1, 0.15) is 27.4 Å². The lowest BCUT2D eigenvalue weighted by atomic mass is 10.1. The highest BCUT2D eigenvalue weighted by molar-refractivity contribution is 5.86. The van der Waals surface area contributed by atoms with Crippen LogP contribution >= 0.6 is 0 Å². The van der Waals surface area contributed by atoms with Crippen LogP contribution in [0.4, 0.5) is 0 Å². The molecule has 0 bridgehead atoms. The maximum atomic E-state index is 11.1. The zero-order valence-electron chi connectivity index (χ0n) is 11.1. The number of aromatic carboxylic acids is 1. The van der Waals surface area contributed by atoms with E-state index >= 15 is 0 Å². The molecule has 1 N–H and O–H groups in total. The average Bonchev–Trinajstić information content (AvgIpc) is 2.73. The molecule has 0 atom stereocenters. The van der Waals surface area contributed by atoms with E-state index in [-0.39, 0.29) is 12.4 Å². The summed E-state index contributed by atoms with van der Waals surface area (Å²) >= 11 is 0. The third kappa shape index (κ3) is 2.66. The fourth-order valence-electron chi connectivity index (χ4n) is 1.92. The molecule has 0 aliphatic heterocycles. The highest BCUT2D eigenvalue weighted by Gasteiger charge is 2.20. The zero-order valence-corrected chi connectivity index (χ0v) is 11.1. The summed E-state index contributed by atoms with van der Waals surface area (Å²) < 4.78 is 10.3. The number of carboxylic acid groups (broad SMARTS) is 1. The molecular formula is C14H15NO4. The van der Waals surface area contributed by atoms with Gasteiger partial charge in [0.05, 0.1) is 6.61 Å². The predicted molar refractivity (Wildman–Crippen MR) is 69.1 cm³/mol. The van der Waals surface area contributed by atoms with Crippen LogP contribution in [0.2, 0.25) is 0 Å². The van der Waals surface area contributed by atoms with Crippen LogP contribution in [0.15, 0.2) is 22.6 Å². The number of oxazole rings is 1. The van der Waals surface area contributed by atoms with Crippen molar-refractivity contribution >= 4 is 5.97 Å². The van der Waals surface area contributed by atoms with E-state index in [0.29, 0.717) is 11.6 Å². The number of carbonyl (C=O) groups is 1. The molecule has 0 radical (unpaired) electrons. The molecule has 0 saturated heterocycles. The summed E-state index contributed by atoms with van der Waals surface area (Å²) in [4.78, 5) is 15.3. The highest BCUT2D eigenvalue weighted by Crippen LogP contribution is 2.26. The zero-order chi connectivity index (χ0) is 14.0. The molecule has 100 valence electrons. The van der Waals surface area contributed by atoms with E-state index in [9.17, 15) is 4.79 Å². The van der Waals surface area contributed by atoms with Crippen molar-refractivity contribution < 1.29 is 19.1 Å². The summed E-state index contributed by atoms with van der Waals surface area (Å²) in [6, 6.07) is 5.80. The topological polar surface area (TPSA) is 72.6 Å². The van der Waals surface area contributed by atoms with Gasteiger partial charge < -0.3 is 14.3 Å². The molecule has 0 unspecified atom stereocenters. The molecule has 0 aliphatic rings. The van der Waals surface area contributed by atoms with Gasteiger partial charge in [0.1, 0.15) is 5.69 Å². The first kappa shape index (κ1) is 13.3. The van der Waals surface area contributed by atoms with Crippen LogP contribution < -0.4 is 0 Å². The third-order valence-electron chi connectivity index (χ3n) is 2.78. The number of nitrogens with zero attached hydrogens (tertiary/aromatic N) is 1. The predicted octanol–water partition coefficient (Wildman–Crippen LogP) is 2.80. The van der Waals surface area contributed by atoms with Crippen molar-refractivity contribution in [1.29, 1.82) is 0 Å². The number of aryl methyl sites for hydroxylation is 2. The molecule has 0 aliphatic carbocycles. The minimum absolute atomic E-state index is 0.107. The number of benzene rings is 1. The van der Waals surface area contributed by atoms with Gasteiger partial charge >= 0.3 is 5.97 Å². The fraction of sp³-hybridized carbons (Fsp3) is 0.286. The fourth-order valence-corrected chi connectivity index (χ4v) is 1.92. The summed E-state index contributed by atoms with van der Waals surface area (Å²) in [7, 11) is 1.48. The normalized spacial score (nSPS) is 10.7. The molecule has 19 heavy (non-hydrogen) atoms. The Morgan fingerprint density at radius 3 is 2.74 bits per heavy atom. The SMILES string of the molecule is COCc1nc(-c2ccc(C)cc2C)oc1C(=O)O. The van der Waals surface area contributed by atoms with E-state index in [1.54, 1.807) is 0 Å². The van der Waals surface area contributed by atoms with E-state index in [0.717, 1.165) is 16.7 Å². The van der Waals surface area contributed by atoms with Crippen molar-refractivity contribution in [1.82, 2.24) is 4.98 Å². The van der Waals surface area contributed by atoms with E-state index in [1.807, 2.05) is 32.0 Å². The Labute approximate surface area is 110 Å². The van der Waals surface area contributed by atoms with E-state index < -0.39 is 5.97 Å². The van der Waals surface area contributed by atoms with Crippen LogP contribution in [-0.4, -0.2) is 23.2 Å². The second kappa shape index (κ2) is 5.24. The number of aromatic nitrogens is 1. The maximum absolute atomic E-state index is 11.1. The van der Waals surface area contributed by atoms with Gasteiger partial charge in [0.25, 0.3) is 0 Å². The molecule has 1 heterocycles. The van der Waals surface area contributed by atoms with Crippen LogP contribution in [0, 0.1) is 13.8 Å². The number of methoxy groups -OCH3 is 1. The Bertz CT molecular complexity index is 616. The van der Waals surface area contributed by atoms with Crippen molar-refractivity contribution in [2.75, 3.05) is 7.11 Å². The summed E-state index contributed by atoms with van der Waals surface area (Å²) in [6.45, 7) is 4.03. The lowest BCUT2D eigenvalue weighted by Crippen LogP contribution is -2.00. The van der Waals surface area contributed by atoms with E-state index in [2.05, 4.69) is 4.98 Å². The van der Waals surface area contributed by atoms with Crippen molar-refractivity contribution in [2.24, 2.45) is 0 Å². The molecule has 0 amide bonds. The summed E-state index contributed by atoms with van der Waals surface area (Å²) in [6.07, 6.45) is 0. The standard InChI is InChI=1S/C14H15NO4/c1-8-4-5-10(9(2)6-8)13-15-11(7-18-3)12(19-13)14(16)17/h4-6H,7H2,1-3H3,(H,16,17). The quantitative estimate of drug-likeness (QED) is 0.916. The Balaban J connectivity index is 2.50. The first-order chi connectivity index (χ1) is 9.02. The van der Waals surface area contributed by atoms with Gasteiger partial charge in [0.2, 0.25) is 11.7 Å². The minimum Gasteiger partial charge on any atom is -0.475 e. The Hall–Kier alpha value is -2.14. The van der Waals surface area contributed by atoms with Gasteiger partial charge in [0.15, 0.2) is 0 Å². The van der Waals surface area contributed by atoms with E-state index in [1.165, 1.54) is 7.11 Å². The van der Waals surface area contributed by atoms with Crippen molar-refractivity contribution in [2.45, 2.75) is 20.5 Å². The molecule has 1 aromatic heterocycles.